The highest BCUT2D eigenvalue weighted by atomic mass is 16.3. The van der Waals surface area contributed by atoms with Gasteiger partial charge in [0, 0.05) is 5.56 Å². The summed E-state index contributed by atoms with van der Waals surface area (Å²) >= 11 is 0. The van der Waals surface area contributed by atoms with Crippen molar-refractivity contribution in [1.29, 1.82) is 0 Å². The van der Waals surface area contributed by atoms with E-state index in [2.05, 4.69) is 24.4 Å². The number of hydrogen-bond acceptors (Lipinski definition) is 3. The summed E-state index contributed by atoms with van der Waals surface area (Å²) in [5, 5.41) is 12.6. The Morgan fingerprint density at radius 3 is 2.62 bits per heavy atom. The molecular formula is C18H21NO2. The van der Waals surface area contributed by atoms with Gasteiger partial charge in [-0.25, -0.2) is 0 Å². The molecule has 0 aromatic heterocycles. The summed E-state index contributed by atoms with van der Waals surface area (Å²) in [4.78, 5) is 12.0. The lowest BCUT2D eigenvalue weighted by molar-refractivity contribution is 0.0990. The van der Waals surface area contributed by atoms with E-state index in [4.69, 9.17) is 0 Å². The van der Waals surface area contributed by atoms with Gasteiger partial charge in [-0.05, 0) is 36.6 Å². The van der Waals surface area contributed by atoms with E-state index in [9.17, 15) is 9.90 Å². The molecule has 0 saturated carbocycles. The van der Waals surface area contributed by atoms with Crippen LogP contribution in [0.5, 0.6) is 5.75 Å². The van der Waals surface area contributed by atoms with E-state index < -0.39 is 0 Å². The Morgan fingerprint density at radius 2 is 1.90 bits per heavy atom. The number of hydrogen-bond donors (Lipinski definition) is 2. The maximum absolute atomic E-state index is 12.0. The number of carbonyl (C=O) groups is 1. The van der Waals surface area contributed by atoms with E-state index in [0.29, 0.717) is 18.0 Å². The Hall–Kier alpha value is -2.13. The first-order valence-corrected chi connectivity index (χ1v) is 7.22. The SMILES string of the molecule is CC(CNCC(=O)c1cccc(O)c1)Cc1ccccc1. The topological polar surface area (TPSA) is 49.3 Å². The summed E-state index contributed by atoms with van der Waals surface area (Å²) in [6.45, 7) is 3.25. The number of phenolic OH excluding ortho intramolecular Hbond substituents is 1. The van der Waals surface area contributed by atoms with E-state index in [1.807, 2.05) is 18.2 Å². The van der Waals surface area contributed by atoms with E-state index >= 15 is 0 Å². The lowest BCUT2D eigenvalue weighted by Crippen LogP contribution is -2.28. The zero-order valence-corrected chi connectivity index (χ0v) is 12.3. The van der Waals surface area contributed by atoms with Crippen molar-refractivity contribution in [2.24, 2.45) is 5.92 Å². The van der Waals surface area contributed by atoms with Gasteiger partial charge in [0.1, 0.15) is 5.75 Å². The monoisotopic (exact) mass is 283 g/mol. The van der Waals surface area contributed by atoms with Crippen molar-refractivity contribution >= 4 is 5.78 Å². The molecule has 0 bridgehead atoms. The fourth-order valence-electron chi connectivity index (χ4n) is 2.30. The molecule has 21 heavy (non-hydrogen) atoms. The summed E-state index contributed by atoms with van der Waals surface area (Å²) in [5.74, 6) is 0.584. The minimum atomic E-state index is -0.00203. The van der Waals surface area contributed by atoms with Crippen molar-refractivity contribution in [3.05, 3.63) is 65.7 Å². The highest BCUT2D eigenvalue weighted by Crippen LogP contribution is 2.11. The second-order valence-corrected chi connectivity index (χ2v) is 5.40. The van der Waals surface area contributed by atoms with Crippen molar-refractivity contribution in [2.45, 2.75) is 13.3 Å². The molecule has 0 spiro atoms. The third kappa shape index (κ3) is 5.04. The van der Waals surface area contributed by atoms with Crippen LogP contribution in [-0.4, -0.2) is 24.0 Å². The average Bonchev–Trinajstić information content (AvgIpc) is 2.48. The van der Waals surface area contributed by atoms with Gasteiger partial charge in [0.15, 0.2) is 5.78 Å². The van der Waals surface area contributed by atoms with Gasteiger partial charge < -0.3 is 10.4 Å². The molecule has 0 aliphatic rings. The molecule has 0 aliphatic heterocycles. The standard InChI is InChI=1S/C18H21NO2/c1-14(10-15-6-3-2-4-7-15)12-19-13-18(21)16-8-5-9-17(20)11-16/h2-9,11,14,19-20H,10,12-13H2,1H3. The fourth-order valence-corrected chi connectivity index (χ4v) is 2.30. The van der Waals surface area contributed by atoms with Crippen LogP contribution in [0.4, 0.5) is 0 Å². The normalized spacial score (nSPS) is 12.0. The minimum absolute atomic E-state index is 0.00203. The van der Waals surface area contributed by atoms with E-state index in [0.717, 1.165) is 13.0 Å². The van der Waals surface area contributed by atoms with Crippen molar-refractivity contribution in [3.63, 3.8) is 0 Å². The number of aromatic hydroxyl groups is 1. The molecular weight excluding hydrogens is 262 g/mol. The first kappa shape index (κ1) is 15.3. The molecule has 3 heteroatoms. The molecule has 0 radical (unpaired) electrons. The number of carbonyl (C=O) groups excluding carboxylic acids is 1. The number of phenols is 1. The third-order valence-electron chi connectivity index (χ3n) is 3.37. The van der Waals surface area contributed by atoms with Crippen LogP contribution in [0.25, 0.3) is 0 Å². The number of ketones is 1. The van der Waals surface area contributed by atoms with Gasteiger partial charge >= 0.3 is 0 Å². The molecule has 1 unspecified atom stereocenters. The Balaban J connectivity index is 1.75. The largest absolute Gasteiger partial charge is 0.508 e. The Morgan fingerprint density at radius 1 is 1.14 bits per heavy atom. The van der Waals surface area contributed by atoms with Gasteiger partial charge in [0.05, 0.1) is 6.54 Å². The van der Waals surface area contributed by atoms with E-state index in [1.165, 1.54) is 11.6 Å². The van der Waals surface area contributed by atoms with E-state index in [1.54, 1.807) is 18.2 Å². The van der Waals surface area contributed by atoms with Crippen molar-refractivity contribution < 1.29 is 9.90 Å². The van der Waals surface area contributed by atoms with Gasteiger partial charge in [-0.1, -0.05) is 49.4 Å². The zero-order chi connectivity index (χ0) is 15.1. The van der Waals surface area contributed by atoms with Crippen LogP contribution in [0.15, 0.2) is 54.6 Å². The number of rotatable bonds is 7. The lowest BCUT2D eigenvalue weighted by atomic mass is 10.0. The van der Waals surface area contributed by atoms with Crippen molar-refractivity contribution in [3.8, 4) is 5.75 Å². The molecule has 2 N–H and O–H groups in total. The van der Waals surface area contributed by atoms with Crippen LogP contribution in [0, 0.1) is 5.92 Å². The summed E-state index contributed by atoms with van der Waals surface area (Å²) in [6, 6.07) is 16.8. The van der Waals surface area contributed by atoms with Gasteiger partial charge in [-0.3, -0.25) is 4.79 Å². The molecule has 0 heterocycles. The zero-order valence-electron chi connectivity index (χ0n) is 12.3. The smallest absolute Gasteiger partial charge is 0.176 e. The summed E-state index contributed by atoms with van der Waals surface area (Å²) < 4.78 is 0. The number of benzene rings is 2. The maximum Gasteiger partial charge on any atom is 0.176 e. The number of Topliss-reactive ketones (excluding diaryl/α,β-unsaturated/α-hetero) is 1. The first-order valence-electron chi connectivity index (χ1n) is 7.22. The number of nitrogens with one attached hydrogen (secondary N) is 1. The predicted octanol–water partition coefficient (Wildman–Crippen LogP) is 3.04. The second-order valence-electron chi connectivity index (χ2n) is 5.40. The van der Waals surface area contributed by atoms with Gasteiger partial charge in [0.25, 0.3) is 0 Å². The van der Waals surface area contributed by atoms with Crippen LogP contribution in [0.1, 0.15) is 22.8 Å². The van der Waals surface area contributed by atoms with Crippen molar-refractivity contribution in [1.82, 2.24) is 5.32 Å². The van der Waals surface area contributed by atoms with Crippen LogP contribution in [-0.2, 0) is 6.42 Å². The Bertz CT molecular complexity index is 581. The molecule has 2 rings (SSSR count). The molecule has 0 saturated heterocycles. The predicted molar refractivity (Wildman–Crippen MR) is 84.6 cm³/mol. The molecule has 3 nitrogen and oxygen atoms in total. The van der Waals surface area contributed by atoms with Gasteiger partial charge in [0.2, 0.25) is 0 Å². The molecule has 0 fully saturated rings. The highest BCUT2D eigenvalue weighted by molar-refractivity contribution is 5.97. The lowest BCUT2D eigenvalue weighted by Gasteiger charge is -2.12. The molecule has 1 atom stereocenters. The quantitative estimate of drug-likeness (QED) is 0.768. The summed E-state index contributed by atoms with van der Waals surface area (Å²) in [5.41, 5.74) is 1.85. The second kappa shape index (κ2) is 7.60. The average molecular weight is 283 g/mol. The van der Waals surface area contributed by atoms with Crippen LogP contribution in [0.2, 0.25) is 0 Å². The summed E-state index contributed by atoms with van der Waals surface area (Å²) in [7, 11) is 0. The first-order chi connectivity index (χ1) is 10.1. The minimum Gasteiger partial charge on any atom is -0.508 e. The van der Waals surface area contributed by atoms with Crippen LogP contribution >= 0.6 is 0 Å². The van der Waals surface area contributed by atoms with Gasteiger partial charge in [-0.2, -0.15) is 0 Å². The van der Waals surface area contributed by atoms with Gasteiger partial charge in [-0.15, -0.1) is 0 Å². The van der Waals surface area contributed by atoms with Crippen LogP contribution in [0.3, 0.4) is 0 Å². The highest BCUT2D eigenvalue weighted by Gasteiger charge is 2.08. The molecule has 0 amide bonds. The molecule has 110 valence electrons. The molecule has 0 aliphatic carbocycles. The van der Waals surface area contributed by atoms with E-state index in [-0.39, 0.29) is 11.5 Å². The van der Waals surface area contributed by atoms with Crippen LogP contribution < -0.4 is 5.32 Å². The summed E-state index contributed by atoms with van der Waals surface area (Å²) in [6.07, 6.45) is 0.994. The molecule has 2 aromatic carbocycles. The molecule has 2 aromatic rings. The fraction of sp³-hybridized carbons (Fsp3) is 0.278. The Labute approximate surface area is 125 Å². The van der Waals surface area contributed by atoms with Crippen molar-refractivity contribution in [2.75, 3.05) is 13.1 Å². The maximum atomic E-state index is 12.0. The Kier molecular flexibility index (Phi) is 5.52. The third-order valence-corrected chi connectivity index (χ3v) is 3.37.